The van der Waals surface area contributed by atoms with E-state index in [1.165, 1.54) is 13.8 Å². The Balaban J connectivity index is 2.75. The maximum absolute atomic E-state index is 12.5. The van der Waals surface area contributed by atoms with Gasteiger partial charge < -0.3 is 9.47 Å². The molecule has 0 saturated heterocycles. The molecule has 0 aromatic heterocycles. The molecule has 0 unspecified atom stereocenters. The van der Waals surface area contributed by atoms with Gasteiger partial charge in [-0.1, -0.05) is 0 Å². The molecule has 1 aliphatic rings. The minimum atomic E-state index is -4.59. The molecule has 17 heavy (non-hydrogen) atoms. The molecule has 7 heteroatoms. The summed E-state index contributed by atoms with van der Waals surface area (Å²) in [7, 11) is 0. The van der Waals surface area contributed by atoms with Crippen molar-refractivity contribution in [2.45, 2.75) is 20.0 Å². The lowest BCUT2D eigenvalue weighted by Crippen LogP contribution is -2.17. The van der Waals surface area contributed by atoms with Crippen molar-refractivity contribution in [2.75, 3.05) is 13.2 Å². The predicted octanol–water partition coefficient (Wildman–Crippen LogP) is 1.54. The minimum Gasteiger partial charge on any atom is -0.466 e. The number of rotatable bonds is 4. The smallest absolute Gasteiger partial charge is 0.393 e. The Bertz CT molecular complexity index is 289. The average Bonchev–Trinajstić information content (AvgIpc) is 2.92. The molecule has 0 spiro atoms. The van der Waals surface area contributed by atoms with Gasteiger partial charge in [-0.25, -0.2) is 0 Å². The van der Waals surface area contributed by atoms with Crippen molar-refractivity contribution in [3.05, 3.63) is 0 Å². The van der Waals surface area contributed by atoms with E-state index in [4.69, 9.17) is 0 Å². The van der Waals surface area contributed by atoms with E-state index in [0.29, 0.717) is 0 Å². The van der Waals surface area contributed by atoms with Crippen LogP contribution in [0, 0.1) is 17.8 Å². The number of esters is 2. The number of hydrogen-bond acceptors (Lipinski definition) is 4. The molecule has 1 rings (SSSR count). The van der Waals surface area contributed by atoms with Gasteiger partial charge in [-0.05, 0) is 13.8 Å². The Morgan fingerprint density at radius 3 is 1.59 bits per heavy atom. The fourth-order valence-electron chi connectivity index (χ4n) is 1.78. The zero-order valence-electron chi connectivity index (χ0n) is 9.41. The maximum Gasteiger partial charge on any atom is 0.393 e. The Hall–Kier alpha value is -1.27. The number of carbonyl (C=O) groups excluding carboxylic acids is 2. The maximum atomic E-state index is 12.5. The normalized spacial score (nSPS) is 27.5. The van der Waals surface area contributed by atoms with E-state index in [1.807, 2.05) is 0 Å². The second-order valence-electron chi connectivity index (χ2n) is 3.62. The Morgan fingerprint density at radius 1 is 1.00 bits per heavy atom. The molecule has 0 heterocycles. The summed E-state index contributed by atoms with van der Waals surface area (Å²) in [5.41, 5.74) is 0. The van der Waals surface area contributed by atoms with Gasteiger partial charge in [-0.2, -0.15) is 13.2 Å². The second-order valence-corrected chi connectivity index (χ2v) is 3.62. The fourth-order valence-corrected chi connectivity index (χ4v) is 1.78. The summed E-state index contributed by atoms with van der Waals surface area (Å²) in [6, 6.07) is 0. The van der Waals surface area contributed by atoms with Crippen LogP contribution >= 0.6 is 0 Å². The molecule has 0 aromatic carbocycles. The van der Waals surface area contributed by atoms with Gasteiger partial charge in [0.25, 0.3) is 0 Å². The molecule has 1 saturated carbocycles. The van der Waals surface area contributed by atoms with Crippen LogP contribution in [0.1, 0.15) is 13.8 Å². The minimum absolute atomic E-state index is 0.0184. The van der Waals surface area contributed by atoms with Crippen molar-refractivity contribution < 1.29 is 32.2 Å². The first-order chi connectivity index (χ1) is 7.84. The third kappa shape index (κ3) is 2.89. The number of halogens is 3. The summed E-state index contributed by atoms with van der Waals surface area (Å²) in [5.74, 6) is -6.86. The second kappa shape index (κ2) is 4.93. The van der Waals surface area contributed by atoms with E-state index in [1.54, 1.807) is 0 Å². The van der Waals surface area contributed by atoms with Crippen molar-refractivity contribution in [3.8, 4) is 0 Å². The van der Waals surface area contributed by atoms with Gasteiger partial charge in [-0.3, -0.25) is 9.59 Å². The molecule has 1 aliphatic carbocycles. The summed E-state index contributed by atoms with van der Waals surface area (Å²) < 4.78 is 46.6. The van der Waals surface area contributed by atoms with Gasteiger partial charge in [0.15, 0.2) is 0 Å². The van der Waals surface area contributed by atoms with Crippen molar-refractivity contribution in [1.82, 2.24) is 0 Å². The molecular formula is C10H13F3O4. The van der Waals surface area contributed by atoms with Crippen LogP contribution in [0.15, 0.2) is 0 Å². The Kier molecular flexibility index (Phi) is 4.00. The number of carbonyl (C=O) groups is 2. The lowest BCUT2D eigenvalue weighted by molar-refractivity contribution is -0.166. The molecule has 0 aliphatic heterocycles. The monoisotopic (exact) mass is 254 g/mol. The molecular weight excluding hydrogens is 241 g/mol. The third-order valence-electron chi connectivity index (χ3n) is 2.52. The first kappa shape index (κ1) is 13.8. The van der Waals surface area contributed by atoms with Crippen LogP contribution in [0.5, 0.6) is 0 Å². The number of alkyl halides is 3. The quantitative estimate of drug-likeness (QED) is 0.714. The van der Waals surface area contributed by atoms with Gasteiger partial charge in [-0.15, -0.1) is 0 Å². The molecule has 0 aromatic rings. The molecule has 1 fully saturated rings. The highest BCUT2D eigenvalue weighted by Crippen LogP contribution is 2.56. The topological polar surface area (TPSA) is 52.6 Å². The van der Waals surface area contributed by atoms with Gasteiger partial charge in [0.05, 0.1) is 31.0 Å². The van der Waals surface area contributed by atoms with Crippen LogP contribution in [-0.4, -0.2) is 31.3 Å². The first-order valence-electron chi connectivity index (χ1n) is 5.24. The Labute approximate surface area is 96.1 Å². The molecule has 0 amide bonds. The van der Waals surface area contributed by atoms with E-state index >= 15 is 0 Å². The summed E-state index contributed by atoms with van der Waals surface area (Å²) >= 11 is 0. The first-order valence-corrected chi connectivity index (χ1v) is 5.24. The number of hydrogen-bond donors (Lipinski definition) is 0. The number of ether oxygens (including phenoxy) is 2. The molecule has 2 atom stereocenters. The van der Waals surface area contributed by atoms with Gasteiger partial charge in [0.2, 0.25) is 0 Å². The van der Waals surface area contributed by atoms with Gasteiger partial charge >= 0.3 is 18.1 Å². The van der Waals surface area contributed by atoms with Crippen LogP contribution in [0.25, 0.3) is 0 Å². The van der Waals surface area contributed by atoms with E-state index in [2.05, 4.69) is 9.47 Å². The lowest BCUT2D eigenvalue weighted by atomic mass is 10.3. The molecule has 0 N–H and O–H groups in total. The average molecular weight is 254 g/mol. The lowest BCUT2D eigenvalue weighted by Gasteiger charge is -2.04. The van der Waals surface area contributed by atoms with Crippen LogP contribution < -0.4 is 0 Å². The molecule has 0 radical (unpaired) electrons. The van der Waals surface area contributed by atoms with E-state index < -0.39 is 35.9 Å². The standard InChI is InChI=1S/C10H13F3O4/c1-3-16-8(14)5-6(9(15)17-4-2)7(5)10(11,12)13/h5-7H,3-4H2,1-2H3/t5-,6-/m0/s1. The highest BCUT2D eigenvalue weighted by molar-refractivity contribution is 5.88. The highest BCUT2D eigenvalue weighted by Gasteiger charge is 2.71. The largest absolute Gasteiger partial charge is 0.466 e. The summed E-state index contributed by atoms with van der Waals surface area (Å²) in [5, 5.41) is 0. The molecule has 4 nitrogen and oxygen atoms in total. The van der Waals surface area contributed by atoms with Crippen molar-refractivity contribution in [2.24, 2.45) is 17.8 Å². The van der Waals surface area contributed by atoms with Gasteiger partial charge in [0.1, 0.15) is 0 Å². The molecule has 0 bridgehead atoms. The molecule has 98 valence electrons. The van der Waals surface area contributed by atoms with Crippen molar-refractivity contribution in [3.63, 3.8) is 0 Å². The Morgan fingerprint density at radius 2 is 1.35 bits per heavy atom. The van der Waals surface area contributed by atoms with Crippen LogP contribution in [0.3, 0.4) is 0 Å². The third-order valence-corrected chi connectivity index (χ3v) is 2.52. The van der Waals surface area contributed by atoms with E-state index in [-0.39, 0.29) is 13.2 Å². The van der Waals surface area contributed by atoms with E-state index in [0.717, 1.165) is 0 Å². The predicted molar refractivity (Wildman–Crippen MR) is 49.8 cm³/mol. The van der Waals surface area contributed by atoms with Crippen LogP contribution in [0.4, 0.5) is 13.2 Å². The van der Waals surface area contributed by atoms with Crippen LogP contribution in [-0.2, 0) is 19.1 Å². The summed E-state index contributed by atoms with van der Waals surface area (Å²) in [4.78, 5) is 22.5. The zero-order valence-corrected chi connectivity index (χ0v) is 9.41. The van der Waals surface area contributed by atoms with Crippen LogP contribution in [0.2, 0.25) is 0 Å². The van der Waals surface area contributed by atoms with Crippen molar-refractivity contribution >= 4 is 11.9 Å². The van der Waals surface area contributed by atoms with Crippen molar-refractivity contribution in [1.29, 1.82) is 0 Å². The fraction of sp³-hybridized carbons (Fsp3) is 0.800. The summed E-state index contributed by atoms with van der Waals surface area (Å²) in [6.07, 6.45) is -4.59. The zero-order chi connectivity index (χ0) is 13.2. The summed E-state index contributed by atoms with van der Waals surface area (Å²) in [6.45, 7) is 2.94. The highest BCUT2D eigenvalue weighted by atomic mass is 19.4. The van der Waals surface area contributed by atoms with E-state index in [9.17, 15) is 22.8 Å². The SMILES string of the molecule is CCOC(=O)[C@@H]1C(C(F)(F)F)[C@H]1C(=O)OCC. The van der Waals surface area contributed by atoms with Gasteiger partial charge in [0, 0.05) is 0 Å².